The molecule has 0 atom stereocenters. The molecular weight excluding hydrogens is 212 g/mol. The van der Waals surface area contributed by atoms with Gasteiger partial charge in [-0.05, 0) is 18.6 Å². The van der Waals surface area contributed by atoms with E-state index in [2.05, 4.69) is 0 Å². The van der Waals surface area contributed by atoms with Crippen molar-refractivity contribution in [2.75, 3.05) is 6.61 Å². The van der Waals surface area contributed by atoms with Gasteiger partial charge in [0.2, 0.25) is 0 Å². The molecule has 0 aliphatic rings. The maximum absolute atomic E-state index is 11.0. The van der Waals surface area contributed by atoms with E-state index in [0.29, 0.717) is 12.4 Å². The number of carbonyl (C=O) groups is 1. The first kappa shape index (κ1) is 12.0. The zero-order valence-corrected chi connectivity index (χ0v) is 8.80. The first-order valence-corrected chi connectivity index (χ1v) is 4.77. The van der Waals surface area contributed by atoms with Crippen LogP contribution in [0.4, 0.5) is 5.69 Å². The van der Waals surface area contributed by atoms with Gasteiger partial charge >= 0.3 is 0 Å². The number of hydrogen-bond donors (Lipinski definition) is 1. The Morgan fingerprint density at radius 2 is 2.25 bits per heavy atom. The van der Waals surface area contributed by atoms with Gasteiger partial charge in [0, 0.05) is 6.07 Å². The number of rotatable bonds is 5. The van der Waals surface area contributed by atoms with Crippen LogP contribution in [0.15, 0.2) is 18.2 Å². The van der Waals surface area contributed by atoms with Crippen LogP contribution >= 0.6 is 0 Å². The predicted molar refractivity (Wildman–Crippen MR) is 57.4 cm³/mol. The van der Waals surface area contributed by atoms with E-state index >= 15 is 0 Å². The van der Waals surface area contributed by atoms with E-state index in [0.717, 1.165) is 6.42 Å². The summed E-state index contributed by atoms with van der Waals surface area (Å²) in [5.41, 5.74) is 4.60. The van der Waals surface area contributed by atoms with Crippen LogP contribution in [-0.2, 0) is 0 Å². The lowest BCUT2D eigenvalue weighted by atomic mass is 10.1. The summed E-state index contributed by atoms with van der Waals surface area (Å²) >= 11 is 0. The van der Waals surface area contributed by atoms with E-state index in [1.807, 2.05) is 6.92 Å². The highest BCUT2D eigenvalue weighted by molar-refractivity contribution is 5.97. The van der Waals surface area contributed by atoms with Crippen LogP contribution in [0.5, 0.6) is 5.75 Å². The molecule has 1 aromatic carbocycles. The first-order chi connectivity index (χ1) is 7.56. The summed E-state index contributed by atoms with van der Waals surface area (Å²) in [6, 6.07) is 3.95. The third-order valence-electron chi connectivity index (χ3n) is 1.90. The molecule has 86 valence electrons. The lowest BCUT2D eigenvalue weighted by Crippen LogP contribution is -2.13. The second-order valence-corrected chi connectivity index (χ2v) is 3.15. The molecule has 1 amide bonds. The van der Waals surface area contributed by atoms with E-state index in [9.17, 15) is 14.9 Å². The molecule has 0 saturated heterocycles. The van der Waals surface area contributed by atoms with Crippen molar-refractivity contribution in [3.8, 4) is 5.75 Å². The number of carbonyl (C=O) groups excluding carboxylic acids is 1. The second kappa shape index (κ2) is 5.11. The summed E-state index contributed by atoms with van der Waals surface area (Å²) < 4.78 is 5.25. The third-order valence-corrected chi connectivity index (χ3v) is 1.90. The molecule has 6 heteroatoms. The largest absolute Gasteiger partial charge is 0.494 e. The Labute approximate surface area is 92.2 Å². The van der Waals surface area contributed by atoms with E-state index in [1.54, 1.807) is 0 Å². The Morgan fingerprint density at radius 3 is 2.75 bits per heavy atom. The number of primary amides is 1. The summed E-state index contributed by atoms with van der Waals surface area (Å²) in [4.78, 5) is 21.0. The topological polar surface area (TPSA) is 95.5 Å². The number of nitro groups is 1. The standard InChI is InChI=1S/C10H12N2O4/c1-2-5-16-7-3-4-9(12(14)15)8(6-7)10(11)13/h3-4,6H,2,5H2,1H3,(H2,11,13). The molecule has 0 radical (unpaired) electrons. The highest BCUT2D eigenvalue weighted by Crippen LogP contribution is 2.23. The monoisotopic (exact) mass is 224 g/mol. The summed E-state index contributed by atoms with van der Waals surface area (Å²) in [5, 5.41) is 10.6. The minimum absolute atomic E-state index is 0.140. The van der Waals surface area contributed by atoms with Crippen molar-refractivity contribution in [2.45, 2.75) is 13.3 Å². The Hall–Kier alpha value is -2.11. The molecular formula is C10H12N2O4. The molecule has 0 aromatic heterocycles. The van der Waals surface area contributed by atoms with E-state index in [1.165, 1.54) is 18.2 Å². The van der Waals surface area contributed by atoms with Gasteiger partial charge < -0.3 is 10.5 Å². The van der Waals surface area contributed by atoms with Crippen LogP contribution in [0.3, 0.4) is 0 Å². The molecule has 0 saturated carbocycles. The van der Waals surface area contributed by atoms with Gasteiger partial charge in [-0.3, -0.25) is 14.9 Å². The molecule has 0 heterocycles. The van der Waals surface area contributed by atoms with Crippen molar-refractivity contribution in [1.82, 2.24) is 0 Å². The minimum Gasteiger partial charge on any atom is -0.494 e. The maximum atomic E-state index is 11.0. The molecule has 0 unspecified atom stereocenters. The predicted octanol–water partition coefficient (Wildman–Crippen LogP) is 1.48. The molecule has 2 N–H and O–H groups in total. The smallest absolute Gasteiger partial charge is 0.282 e. The molecule has 6 nitrogen and oxygen atoms in total. The van der Waals surface area contributed by atoms with Crippen molar-refractivity contribution < 1.29 is 14.5 Å². The van der Waals surface area contributed by atoms with Gasteiger partial charge in [-0.25, -0.2) is 0 Å². The van der Waals surface area contributed by atoms with Crippen molar-refractivity contribution in [3.63, 3.8) is 0 Å². The summed E-state index contributed by atoms with van der Waals surface area (Å²) in [7, 11) is 0. The van der Waals surface area contributed by atoms with Crippen LogP contribution in [0.2, 0.25) is 0 Å². The molecule has 1 rings (SSSR count). The molecule has 0 aliphatic heterocycles. The van der Waals surface area contributed by atoms with Gasteiger partial charge in [-0.15, -0.1) is 0 Å². The second-order valence-electron chi connectivity index (χ2n) is 3.15. The van der Waals surface area contributed by atoms with Gasteiger partial charge in [0.15, 0.2) is 0 Å². The van der Waals surface area contributed by atoms with Crippen molar-refractivity contribution >= 4 is 11.6 Å². The molecule has 1 aromatic rings. The number of nitro benzene ring substituents is 1. The van der Waals surface area contributed by atoms with Crippen LogP contribution in [0.1, 0.15) is 23.7 Å². The molecule has 0 aliphatic carbocycles. The summed E-state index contributed by atoms with van der Waals surface area (Å²) in [5.74, 6) is -0.435. The Kier molecular flexibility index (Phi) is 3.82. The quantitative estimate of drug-likeness (QED) is 0.605. The molecule has 16 heavy (non-hydrogen) atoms. The van der Waals surface area contributed by atoms with E-state index in [4.69, 9.17) is 10.5 Å². The van der Waals surface area contributed by atoms with Crippen LogP contribution in [0.25, 0.3) is 0 Å². The van der Waals surface area contributed by atoms with Crippen molar-refractivity contribution in [3.05, 3.63) is 33.9 Å². The fraction of sp³-hybridized carbons (Fsp3) is 0.300. The Balaban J connectivity index is 3.07. The number of ether oxygens (including phenoxy) is 1. The van der Waals surface area contributed by atoms with Gasteiger partial charge in [0.05, 0.1) is 11.5 Å². The van der Waals surface area contributed by atoms with Gasteiger partial charge in [0.1, 0.15) is 11.3 Å². The fourth-order valence-corrected chi connectivity index (χ4v) is 1.18. The van der Waals surface area contributed by atoms with Crippen LogP contribution in [0, 0.1) is 10.1 Å². The first-order valence-electron chi connectivity index (χ1n) is 4.77. The highest BCUT2D eigenvalue weighted by atomic mass is 16.6. The molecule has 0 bridgehead atoms. The normalized spacial score (nSPS) is 9.81. The van der Waals surface area contributed by atoms with Gasteiger partial charge in [-0.1, -0.05) is 6.92 Å². The van der Waals surface area contributed by atoms with Gasteiger partial charge in [0.25, 0.3) is 11.6 Å². The average Bonchev–Trinajstić information content (AvgIpc) is 2.25. The number of nitrogens with zero attached hydrogens (tertiary/aromatic N) is 1. The Bertz CT molecular complexity index is 417. The van der Waals surface area contributed by atoms with Crippen molar-refractivity contribution in [2.24, 2.45) is 5.73 Å². The molecule has 0 spiro atoms. The fourth-order valence-electron chi connectivity index (χ4n) is 1.18. The van der Waals surface area contributed by atoms with Crippen LogP contribution in [-0.4, -0.2) is 17.4 Å². The lowest BCUT2D eigenvalue weighted by molar-refractivity contribution is -0.385. The number of nitrogens with two attached hydrogens (primary N) is 1. The summed E-state index contributed by atoms with van der Waals surface area (Å²) in [6.07, 6.45) is 0.808. The highest BCUT2D eigenvalue weighted by Gasteiger charge is 2.18. The van der Waals surface area contributed by atoms with Crippen LogP contribution < -0.4 is 10.5 Å². The number of hydrogen-bond acceptors (Lipinski definition) is 4. The average molecular weight is 224 g/mol. The number of amides is 1. The van der Waals surface area contributed by atoms with Crippen molar-refractivity contribution in [1.29, 1.82) is 0 Å². The summed E-state index contributed by atoms with van der Waals surface area (Å²) in [6.45, 7) is 2.41. The zero-order chi connectivity index (χ0) is 12.1. The minimum atomic E-state index is -0.839. The maximum Gasteiger partial charge on any atom is 0.282 e. The SMILES string of the molecule is CCCOc1ccc([N+](=O)[O-])c(C(N)=O)c1. The lowest BCUT2D eigenvalue weighted by Gasteiger charge is -2.05. The number of benzene rings is 1. The third kappa shape index (κ3) is 2.69. The van der Waals surface area contributed by atoms with E-state index in [-0.39, 0.29) is 11.3 Å². The zero-order valence-electron chi connectivity index (χ0n) is 8.80. The van der Waals surface area contributed by atoms with E-state index < -0.39 is 10.8 Å². The molecule has 0 fully saturated rings. The Morgan fingerprint density at radius 1 is 1.56 bits per heavy atom. The van der Waals surface area contributed by atoms with Gasteiger partial charge in [-0.2, -0.15) is 0 Å².